The lowest BCUT2D eigenvalue weighted by molar-refractivity contribution is -0.155. The number of aryl methyl sites for hydroxylation is 1. The number of halogens is 3. The van der Waals surface area contributed by atoms with Crippen LogP contribution < -0.4 is 5.32 Å². The molecule has 0 saturated carbocycles. The Morgan fingerprint density at radius 2 is 1.93 bits per heavy atom. The highest BCUT2D eigenvalue weighted by molar-refractivity contribution is 5.65. The molecule has 1 aromatic carbocycles. The molecule has 0 aliphatic carbocycles. The van der Waals surface area contributed by atoms with Gasteiger partial charge in [-0.1, -0.05) is 38.6 Å². The molecule has 1 fully saturated rings. The number of likely N-dealkylation sites (tertiary alicyclic amines) is 1. The Balaban J connectivity index is 1.71. The first kappa shape index (κ1) is 20.4. The molecule has 0 spiro atoms. The van der Waals surface area contributed by atoms with Crippen LogP contribution in [0.25, 0.3) is 11.1 Å². The summed E-state index contributed by atoms with van der Waals surface area (Å²) in [4.78, 5) is 5.58. The van der Waals surface area contributed by atoms with Gasteiger partial charge in [0.05, 0.1) is 12.6 Å². The van der Waals surface area contributed by atoms with Crippen molar-refractivity contribution in [3.8, 4) is 11.1 Å². The highest BCUT2D eigenvalue weighted by Gasteiger charge is 2.38. The van der Waals surface area contributed by atoms with Crippen LogP contribution in [0.3, 0.4) is 0 Å². The van der Waals surface area contributed by atoms with Crippen molar-refractivity contribution in [2.45, 2.75) is 38.4 Å². The number of benzene rings is 1. The zero-order valence-corrected chi connectivity index (χ0v) is 16.5. The molecule has 0 unspecified atom stereocenters. The molecule has 0 atom stereocenters. The highest BCUT2D eigenvalue weighted by atomic mass is 19.4. The molecule has 1 N–H and O–H groups in total. The Hall–Kier alpha value is -2.34. The number of nitrogens with one attached hydrogen (secondary N) is 1. The number of alkyl halides is 3. The quantitative estimate of drug-likeness (QED) is 0.777. The second-order valence-corrected chi connectivity index (χ2v) is 8.03. The normalized spacial score (nSPS) is 15.9. The van der Waals surface area contributed by atoms with Crippen molar-refractivity contribution in [3.63, 3.8) is 0 Å². The van der Waals surface area contributed by atoms with Gasteiger partial charge in [0.1, 0.15) is 0 Å². The number of nitrogens with zero attached hydrogens (tertiary/aromatic N) is 2. The standard InChI is InChI=1S/C22H26F3N3/c1-15-7-8-17(18-6-5-9-26-11-18)10-20(15)21(3,4)16(2)27-19-12-28(13-19)14-22(23,24)25/h5-11,19,27H,2,12-14H2,1,3-4H3. The molecule has 0 amide bonds. The summed E-state index contributed by atoms with van der Waals surface area (Å²) in [5.41, 5.74) is 4.85. The van der Waals surface area contributed by atoms with Gasteiger partial charge in [-0.25, -0.2) is 0 Å². The van der Waals surface area contributed by atoms with Crippen molar-refractivity contribution in [1.82, 2.24) is 15.2 Å². The van der Waals surface area contributed by atoms with E-state index in [2.05, 4.69) is 55.9 Å². The van der Waals surface area contributed by atoms with Crippen LogP contribution in [0.5, 0.6) is 0 Å². The zero-order valence-electron chi connectivity index (χ0n) is 16.5. The second kappa shape index (κ2) is 7.59. The fourth-order valence-electron chi connectivity index (χ4n) is 3.64. The van der Waals surface area contributed by atoms with Gasteiger partial charge in [0.2, 0.25) is 0 Å². The van der Waals surface area contributed by atoms with Crippen molar-refractivity contribution in [1.29, 1.82) is 0 Å². The molecule has 3 nitrogen and oxygen atoms in total. The van der Waals surface area contributed by atoms with Crippen LogP contribution in [0.2, 0.25) is 0 Å². The van der Waals surface area contributed by atoms with Crippen LogP contribution in [0.4, 0.5) is 13.2 Å². The lowest BCUT2D eigenvalue weighted by Crippen LogP contribution is -2.60. The predicted molar refractivity (Wildman–Crippen MR) is 106 cm³/mol. The molecule has 6 heteroatoms. The molecule has 3 rings (SSSR count). The molecule has 0 radical (unpaired) electrons. The molecule has 1 saturated heterocycles. The minimum Gasteiger partial charge on any atom is -0.383 e. The van der Waals surface area contributed by atoms with Crippen molar-refractivity contribution >= 4 is 0 Å². The molecule has 28 heavy (non-hydrogen) atoms. The summed E-state index contributed by atoms with van der Waals surface area (Å²) in [5, 5.41) is 3.34. The van der Waals surface area contributed by atoms with E-state index in [4.69, 9.17) is 0 Å². The smallest absolute Gasteiger partial charge is 0.383 e. The molecule has 1 aromatic heterocycles. The maximum Gasteiger partial charge on any atom is 0.401 e. The third-order valence-electron chi connectivity index (χ3n) is 5.40. The van der Waals surface area contributed by atoms with Gasteiger partial charge in [-0.3, -0.25) is 9.88 Å². The number of allylic oxidation sites excluding steroid dienone is 1. The fraction of sp³-hybridized carbons (Fsp3) is 0.409. The van der Waals surface area contributed by atoms with Gasteiger partial charge in [0.15, 0.2) is 0 Å². The average Bonchev–Trinajstić information content (AvgIpc) is 2.59. The van der Waals surface area contributed by atoms with Crippen LogP contribution >= 0.6 is 0 Å². The number of rotatable bonds is 6. The van der Waals surface area contributed by atoms with Gasteiger partial charge in [-0.2, -0.15) is 13.2 Å². The van der Waals surface area contributed by atoms with Crippen LogP contribution in [0, 0.1) is 6.92 Å². The van der Waals surface area contributed by atoms with Gasteiger partial charge in [0, 0.05) is 36.6 Å². The maximum atomic E-state index is 12.5. The van der Waals surface area contributed by atoms with E-state index in [1.807, 2.05) is 18.3 Å². The number of hydrogen-bond acceptors (Lipinski definition) is 3. The summed E-state index contributed by atoms with van der Waals surface area (Å²) in [6, 6.07) is 10.2. The predicted octanol–water partition coefficient (Wildman–Crippen LogP) is 4.68. The van der Waals surface area contributed by atoms with E-state index >= 15 is 0 Å². The first-order chi connectivity index (χ1) is 13.1. The summed E-state index contributed by atoms with van der Waals surface area (Å²) < 4.78 is 37.4. The topological polar surface area (TPSA) is 28.2 Å². The molecule has 1 aliphatic rings. The van der Waals surface area contributed by atoms with Crippen LogP contribution in [-0.4, -0.2) is 41.7 Å². The minimum atomic E-state index is -4.15. The molecule has 1 aliphatic heterocycles. The molecular formula is C22H26F3N3. The minimum absolute atomic E-state index is 0.00376. The van der Waals surface area contributed by atoms with Crippen LogP contribution in [-0.2, 0) is 5.41 Å². The van der Waals surface area contributed by atoms with Gasteiger partial charge in [-0.15, -0.1) is 0 Å². The van der Waals surface area contributed by atoms with E-state index < -0.39 is 12.7 Å². The summed E-state index contributed by atoms with van der Waals surface area (Å²) >= 11 is 0. The molecule has 0 bridgehead atoms. The summed E-state index contributed by atoms with van der Waals surface area (Å²) in [6.07, 6.45) is -0.571. The molecule has 2 aromatic rings. The number of aromatic nitrogens is 1. The summed E-state index contributed by atoms with van der Waals surface area (Å²) in [6.45, 7) is 10.3. The van der Waals surface area contributed by atoms with Crippen molar-refractivity contribution in [2.24, 2.45) is 0 Å². The Morgan fingerprint density at radius 3 is 2.54 bits per heavy atom. The van der Waals surface area contributed by atoms with E-state index in [0.717, 1.165) is 28.0 Å². The second-order valence-electron chi connectivity index (χ2n) is 8.03. The van der Waals surface area contributed by atoms with E-state index in [1.165, 1.54) is 4.90 Å². The van der Waals surface area contributed by atoms with E-state index in [9.17, 15) is 13.2 Å². The van der Waals surface area contributed by atoms with Gasteiger partial charge >= 0.3 is 6.18 Å². The number of pyridine rings is 1. The van der Waals surface area contributed by atoms with E-state index in [-0.39, 0.29) is 11.5 Å². The van der Waals surface area contributed by atoms with Crippen LogP contribution in [0.15, 0.2) is 55.0 Å². The van der Waals surface area contributed by atoms with E-state index in [1.54, 1.807) is 6.20 Å². The largest absolute Gasteiger partial charge is 0.401 e. The van der Waals surface area contributed by atoms with Gasteiger partial charge in [0.25, 0.3) is 0 Å². The Bertz CT molecular complexity index is 838. The maximum absolute atomic E-state index is 12.5. The van der Waals surface area contributed by atoms with Crippen LogP contribution in [0.1, 0.15) is 25.0 Å². The monoisotopic (exact) mass is 389 g/mol. The molecule has 150 valence electrons. The lowest BCUT2D eigenvalue weighted by atomic mass is 9.78. The lowest BCUT2D eigenvalue weighted by Gasteiger charge is -2.43. The first-order valence-corrected chi connectivity index (χ1v) is 9.33. The SMILES string of the molecule is C=C(NC1CN(CC(F)(F)F)C1)C(C)(C)c1cc(-c2cccnc2)ccc1C. The third-order valence-corrected chi connectivity index (χ3v) is 5.40. The fourth-order valence-corrected chi connectivity index (χ4v) is 3.64. The molecular weight excluding hydrogens is 363 g/mol. The van der Waals surface area contributed by atoms with E-state index in [0.29, 0.717) is 13.1 Å². The van der Waals surface area contributed by atoms with Gasteiger partial charge < -0.3 is 5.32 Å². The first-order valence-electron chi connectivity index (χ1n) is 9.33. The highest BCUT2D eigenvalue weighted by Crippen LogP contribution is 2.35. The summed E-state index contributed by atoms with van der Waals surface area (Å²) in [5.74, 6) is 0. The average molecular weight is 389 g/mol. The zero-order chi connectivity index (χ0) is 20.5. The Morgan fingerprint density at radius 1 is 1.21 bits per heavy atom. The number of hydrogen-bond donors (Lipinski definition) is 1. The Kier molecular flexibility index (Phi) is 5.53. The van der Waals surface area contributed by atoms with Crippen molar-refractivity contribution in [2.75, 3.05) is 19.6 Å². The van der Waals surface area contributed by atoms with Crippen molar-refractivity contribution in [3.05, 3.63) is 66.1 Å². The summed E-state index contributed by atoms with van der Waals surface area (Å²) in [7, 11) is 0. The van der Waals surface area contributed by atoms with Gasteiger partial charge in [-0.05, 0) is 41.3 Å². The third kappa shape index (κ3) is 4.55. The Labute approximate surface area is 164 Å². The molecule has 2 heterocycles. The van der Waals surface area contributed by atoms with Crippen molar-refractivity contribution < 1.29 is 13.2 Å².